The molecule has 0 N–H and O–H groups in total. The van der Waals surface area contributed by atoms with E-state index in [-0.39, 0.29) is 11.9 Å². The molecule has 2 aromatic rings. The summed E-state index contributed by atoms with van der Waals surface area (Å²) >= 11 is 5.93. The molecule has 2 rings (SSSR count). The van der Waals surface area contributed by atoms with Crippen LogP contribution in [0.5, 0.6) is 0 Å². The minimum absolute atomic E-state index is 0.0264. The number of alkyl halides is 1. The molecule has 0 radical (unpaired) electrons. The first-order valence-corrected chi connectivity index (χ1v) is 8.10. The van der Waals surface area contributed by atoms with Crippen LogP contribution in [0.1, 0.15) is 24.4 Å². The molecular formula is C13H14ClN3OS. The van der Waals surface area contributed by atoms with Gasteiger partial charge in [0.15, 0.2) is 0 Å². The summed E-state index contributed by atoms with van der Waals surface area (Å²) in [7, 11) is -0.897. The Morgan fingerprint density at radius 3 is 2.89 bits per heavy atom. The van der Waals surface area contributed by atoms with E-state index in [2.05, 4.69) is 11.1 Å². The molecule has 0 aliphatic heterocycles. The van der Waals surface area contributed by atoms with Crippen LogP contribution in [-0.2, 0) is 16.7 Å². The van der Waals surface area contributed by atoms with Gasteiger partial charge in [0.1, 0.15) is 5.82 Å². The molecule has 0 spiro atoms. The lowest BCUT2D eigenvalue weighted by atomic mass is 10.2. The number of rotatable bonds is 4. The second kappa shape index (κ2) is 5.72. The minimum Gasteiger partial charge on any atom is -0.323 e. The van der Waals surface area contributed by atoms with Crippen LogP contribution in [-0.4, -0.2) is 25.8 Å². The molecule has 0 saturated heterocycles. The Labute approximate surface area is 119 Å². The number of fused-ring (bicyclic) bond motifs is 1. The summed E-state index contributed by atoms with van der Waals surface area (Å²) in [5.41, 5.74) is 2.26. The molecule has 19 heavy (non-hydrogen) atoms. The van der Waals surface area contributed by atoms with Crippen molar-refractivity contribution in [2.24, 2.45) is 0 Å². The first-order chi connectivity index (χ1) is 9.06. The molecule has 100 valence electrons. The van der Waals surface area contributed by atoms with Crippen LogP contribution in [0.4, 0.5) is 0 Å². The van der Waals surface area contributed by atoms with Crippen LogP contribution in [0.2, 0.25) is 0 Å². The summed E-state index contributed by atoms with van der Waals surface area (Å²) in [6, 6.07) is 7.50. The van der Waals surface area contributed by atoms with Gasteiger partial charge in [-0.05, 0) is 25.1 Å². The predicted molar refractivity (Wildman–Crippen MR) is 77.6 cm³/mol. The van der Waals surface area contributed by atoms with E-state index in [4.69, 9.17) is 16.9 Å². The number of nitrogens with zero attached hydrogens (tertiary/aromatic N) is 3. The van der Waals surface area contributed by atoms with Crippen molar-refractivity contribution in [3.63, 3.8) is 0 Å². The molecule has 2 atom stereocenters. The minimum atomic E-state index is -0.897. The number of benzene rings is 1. The molecule has 0 bridgehead atoms. The quantitative estimate of drug-likeness (QED) is 0.815. The van der Waals surface area contributed by atoms with Crippen LogP contribution in [0.15, 0.2) is 18.2 Å². The molecule has 0 amide bonds. The zero-order chi connectivity index (χ0) is 14.0. The third-order valence-electron chi connectivity index (χ3n) is 2.93. The Kier molecular flexibility index (Phi) is 4.23. The van der Waals surface area contributed by atoms with Gasteiger partial charge >= 0.3 is 0 Å². The molecule has 0 aliphatic rings. The summed E-state index contributed by atoms with van der Waals surface area (Å²) in [6.45, 7) is 1.98. The standard InChI is InChI=1S/C13H14ClN3OS/c1-9(8-19(2)18)17-12-5-10(7-15)3-4-11(12)16-13(17)6-14/h3-5,9H,6,8H2,1-2H3. The molecule has 4 nitrogen and oxygen atoms in total. The van der Waals surface area contributed by atoms with Crippen LogP contribution in [0.25, 0.3) is 11.0 Å². The summed E-state index contributed by atoms with van der Waals surface area (Å²) in [4.78, 5) is 4.46. The van der Waals surface area contributed by atoms with Crippen molar-refractivity contribution in [2.75, 3.05) is 12.0 Å². The number of aromatic nitrogens is 2. The zero-order valence-electron chi connectivity index (χ0n) is 10.8. The van der Waals surface area contributed by atoms with Crippen LogP contribution < -0.4 is 0 Å². The Bertz CT molecular complexity index is 674. The van der Waals surface area contributed by atoms with Gasteiger partial charge in [-0.3, -0.25) is 4.21 Å². The fraction of sp³-hybridized carbons (Fsp3) is 0.385. The zero-order valence-corrected chi connectivity index (χ0v) is 12.3. The van der Waals surface area contributed by atoms with Crippen molar-refractivity contribution in [3.8, 4) is 6.07 Å². The Balaban J connectivity index is 2.61. The Hall–Kier alpha value is -1.38. The predicted octanol–water partition coefficient (Wildman–Crippen LogP) is 2.59. The van der Waals surface area contributed by atoms with Crippen LogP contribution in [0.3, 0.4) is 0 Å². The molecule has 0 fully saturated rings. The highest BCUT2D eigenvalue weighted by atomic mass is 35.5. The second-order valence-corrected chi connectivity index (χ2v) is 6.18. The fourth-order valence-corrected chi connectivity index (χ4v) is 3.23. The molecular weight excluding hydrogens is 282 g/mol. The van der Waals surface area contributed by atoms with Crippen molar-refractivity contribution in [1.29, 1.82) is 5.26 Å². The molecule has 0 saturated carbocycles. The number of hydrogen-bond donors (Lipinski definition) is 0. The van der Waals surface area contributed by atoms with E-state index >= 15 is 0 Å². The van der Waals surface area contributed by atoms with Gasteiger partial charge in [0.05, 0.1) is 28.5 Å². The summed E-state index contributed by atoms with van der Waals surface area (Å²) in [5.74, 6) is 1.56. The maximum atomic E-state index is 11.4. The largest absolute Gasteiger partial charge is 0.323 e. The lowest BCUT2D eigenvalue weighted by Crippen LogP contribution is -2.15. The highest BCUT2D eigenvalue weighted by Crippen LogP contribution is 2.24. The van der Waals surface area contributed by atoms with E-state index in [0.717, 1.165) is 16.9 Å². The average molecular weight is 296 g/mol. The van der Waals surface area contributed by atoms with E-state index in [9.17, 15) is 4.21 Å². The van der Waals surface area contributed by atoms with E-state index in [1.165, 1.54) is 0 Å². The lowest BCUT2D eigenvalue weighted by molar-refractivity contribution is 0.594. The maximum Gasteiger partial charge on any atom is 0.125 e. The maximum absolute atomic E-state index is 11.4. The van der Waals surface area contributed by atoms with E-state index in [1.807, 2.05) is 17.6 Å². The number of halogens is 1. The smallest absolute Gasteiger partial charge is 0.125 e. The van der Waals surface area contributed by atoms with Crippen molar-refractivity contribution in [1.82, 2.24) is 9.55 Å². The van der Waals surface area contributed by atoms with Gasteiger partial charge in [-0.15, -0.1) is 11.6 Å². The monoisotopic (exact) mass is 295 g/mol. The van der Waals surface area contributed by atoms with Crippen molar-refractivity contribution >= 4 is 33.4 Å². The van der Waals surface area contributed by atoms with Gasteiger partial charge in [0, 0.05) is 28.9 Å². The first-order valence-electron chi connectivity index (χ1n) is 5.83. The molecule has 6 heteroatoms. The van der Waals surface area contributed by atoms with Crippen LogP contribution >= 0.6 is 11.6 Å². The summed E-state index contributed by atoms with van der Waals surface area (Å²) in [5, 5.41) is 8.98. The van der Waals surface area contributed by atoms with Gasteiger partial charge in [0.2, 0.25) is 0 Å². The van der Waals surface area contributed by atoms with Crippen molar-refractivity contribution in [2.45, 2.75) is 18.8 Å². The fourth-order valence-electron chi connectivity index (χ4n) is 2.21. The third kappa shape index (κ3) is 2.80. The van der Waals surface area contributed by atoms with E-state index < -0.39 is 10.8 Å². The van der Waals surface area contributed by atoms with Crippen molar-refractivity contribution < 1.29 is 4.21 Å². The number of nitriles is 1. The number of hydrogen-bond acceptors (Lipinski definition) is 3. The van der Waals surface area contributed by atoms with Gasteiger partial charge in [0.25, 0.3) is 0 Å². The number of imidazole rings is 1. The molecule has 1 heterocycles. The first kappa shape index (κ1) is 14.0. The molecule has 0 aliphatic carbocycles. The topological polar surface area (TPSA) is 58.7 Å². The normalized spacial score (nSPS) is 14.2. The second-order valence-electron chi connectivity index (χ2n) is 4.44. The molecule has 1 aromatic heterocycles. The SMILES string of the molecule is CC(CS(C)=O)n1c(CCl)nc2ccc(C#N)cc21. The van der Waals surface area contributed by atoms with Gasteiger partial charge < -0.3 is 4.57 Å². The van der Waals surface area contributed by atoms with E-state index in [0.29, 0.717) is 11.3 Å². The Morgan fingerprint density at radius 1 is 1.58 bits per heavy atom. The summed E-state index contributed by atoms with van der Waals surface area (Å²) < 4.78 is 13.4. The van der Waals surface area contributed by atoms with Gasteiger partial charge in [-0.25, -0.2) is 4.98 Å². The van der Waals surface area contributed by atoms with Crippen molar-refractivity contribution in [3.05, 3.63) is 29.6 Å². The Morgan fingerprint density at radius 2 is 2.32 bits per heavy atom. The lowest BCUT2D eigenvalue weighted by Gasteiger charge is -2.15. The third-order valence-corrected chi connectivity index (χ3v) is 4.12. The van der Waals surface area contributed by atoms with Gasteiger partial charge in [-0.2, -0.15) is 5.26 Å². The van der Waals surface area contributed by atoms with E-state index in [1.54, 1.807) is 18.4 Å². The molecule has 2 unspecified atom stereocenters. The molecule has 1 aromatic carbocycles. The highest BCUT2D eigenvalue weighted by molar-refractivity contribution is 7.84. The van der Waals surface area contributed by atoms with Crippen LogP contribution in [0, 0.1) is 11.3 Å². The highest BCUT2D eigenvalue weighted by Gasteiger charge is 2.16. The average Bonchev–Trinajstić information content (AvgIpc) is 2.74. The summed E-state index contributed by atoms with van der Waals surface area (Å²) in [6.07, 6.45) is 1.68. The van der Waals surface area contributed by atoms with Gasteiger partial charge in [-0.1, -0.05) is 0 Å².